The molecule has 0 aliphatic carbocycles. The van der Waals surface area contributed by atoms with Crippen molar-refractivity contribution in [3.63, 3.8) is 0 Å². The number of carbonyl (C=O) groups excluding carboxylic acids is 2. The second kappa shape index (κ2) is 14.6. The lowest BCUT2D eigenvalue weighted by atomic mass is 10.0. The number of thioether (sulfide) groups is 2. The molecule has 0 amide bonds. The molecule has 0 saturated carbocycles. The highest BCUT2D eigenvalue weighted by molar-refractivity contribution is 7.99. The van der Waals surface area contributed by atoms with Gasteiger partial charge in [0.25, 0.3) is 0 Å². The van der Waals surface area contributed by atoms with E-state index < -0.39 is 11.9 Å². The fourth-order valence-electron chi connectivity index (χ4n) is 8.10. The first-order valence-electron chi connectivity index (χ1n) is 17.8. The van der Waals surface area contributed by atoms with Gasteiger partial charge in [-0.1, -0.05) is 109 Å². The van der Waals surface area contributed by atoms with Crippen molar-refractivity contribution in [2.24, 2.45) is 0 Å². The van der Waals surface area contributed by atoms with Gasteiger partial charge in [-0.15, -0.1) is 23.5 Å². The molecular formula is C46H40N2O3S2. The summed E-state index contributed by atoms with van der Waals surface area (Å²) in [5.41, 5.74) is 11.0. The smallest absolute Gasteiger partial charge is 0.317 e. The number of nitrogens with zero attached hydrogens (tertiary/aromatic N) is 2. The molecule has 8 aromatic rings. The van der Waals surface area contributed by atoms with Crippen molar-refractivity contribution in [2.45, 2.75) is 49.6 Å². The zero-order valence-electron chi connectivity index (χ0n) is 30.3. The zero-order chi connectivity index (χ0) is 36.6. The molecule has 6 aromatic carbocycles. The number of para-hydroxylation sites is 2. The Labute approximate surface area is 317 Å². The maximum Gasteiger partial charge on any atom is 0.317 e. The highest BCUT2D eigenvalue weighted by atomic mass is 32.2. The van der Waals surface area contributed by atoms with E-state index in [1.165, 1.54) is 11.1 Å². The Morgan fingerprint density at radius 2 is 0.925 bits per heavy atom. The third-order valence-corrected chi connectivity index (χ3v) is 11.9. The van der Waals surface area contributed by atoms with Gasteiger partial charge in [-0.2, -0.15) is 0 Å². The molecule has 2 heterocycles. The first kappa shape index (κ1) is 34.8. The zero-order valence-corrected chi connectivity index (χ0v) is 31.9. The summed E-state index contributed by atoms with van der Waals surface area (Å²) in [5.74, 6) is -1.08. The van der Waals surface area contributed by atoms with Gasteiger partial charge in [-0.25, -0.2) is 0 Å². The van der Waals surface area contributed by atoms with Gasteiger partial charge in [0.05, 0.1) is 23.9 Å². The van der Waals surface area contributed by atoms with E-state index in [1.54, 1.807) is 23.5 Å². The lowest BCUT2D eigenvalue weighted by Gasteiger charge is -2.15. The van der Waals surface area contributed by atoms with Gasteiger partial charge >= 0.3 is 11.9 Å². The number of benzene rings is 6. The van der Waals surface area contributed by atoms with Gasteiger partial charge in [-0.05, 0) is 71.9 Å². The SMILES string of the molecule is CSc1c(CC(=O)OC(=O)Cc2cc(C)c3c(c2SC)c2ccccc2n3Cc2ccccc2)cc(C)c2c1c1ccccc1n2Cc1ccccc1. The number of carbonyl (C=O) groups is 2. The summed E-state index contributed by atoms with van der Waals surface area (Å²) in [7, 11) is 0. The fraction of sp³-hybridized carbons (Fsp3) is 0.174. The summed E-state index contributed by atoms with van der Waals surface area (Å²) in [5, 5.41) is 4.58. The Kier molecular flexibility index (Phi) is 9.62. The van der Waals surface area contributed by atoms with E-state index in [0.29, 0.717) is 0 Å². The maximum absolute atomic E-state index is 13.6. The third kappa shape index (κ3) is 6.42. The number of aryl methyl sites for hydroxylation is 2. The first-order valence-corrected chi connectivity index (χ1v) is 20.3. The van der Waals surface area contributed by atoms with Crippen LogP contribution in [0.1, 0.15) is 33.4 Å². The van der Waals surface area contributed by atoms with Crippen molar-refractivity contribution in [1.82, 2.24) is 9.13 Å². The van der Waals surface area contributed by atoms with Crippen LogP contribution < -0.4 is 0 Å². The summed E-state index contributed by atoms with van der Waals surface area (Å²) < 4.78 is 10.4. The Balaban J connectivity index is 1.10. The number of aromatic nitrogens is 2. The molecule has 0 atom stereocenters. The van der Waals surface area contributed by atoms with Crippen molar-refractivity contribution in [3.05, 3.63) is 155 Å². The molecule has 0 bridgehead atoms. The van der Waals surface area contributed by atoms with Gasteiger partial charge < -0.3 is 13.9 Å². The van der Waals surface area contributed by atoms with E-state index >= 15 is 0 Å². The van der Waals surface area contributed by atoms with Crippen LogP contribution >= 0.6 is 23.5 Å². The number of hydrogen-bond donors (Lipinski definition) is 0. The average molecular weight is 733 g/mol. The monoisotopic (exact) mass is 732 g/mol. The molecule has 0 unspecified atom stereocenters. The average Bonchev–Trinajstić information content (AvgIpc) is 3.66. The Hall–Kier alpha value is -5.24. The minimum atomic E-state index is -0.542. The number of rotatable bonds is 10. The van der Waals surface area contributed by atoms with Crippen LogP contribution in [0.2, 0.25) is 0 Å². The molecule has 0 aliphatic rings. The van der Waals surface area contributed by atoms with Crippen molar-refractivity contribution in [1.29, 1.82) is 0 Å². The normalized spacial score (nSPS) is 11.6. The topological polar surface area (TPSA) is 53.2 Å². The van der Waals surface area contributed by atoms with Crippen LogP contribution in [0.5, 0.6) is 0 Å². The van der Waals surface area contributed by atoms with Gasteiger partial charge in [-0.3, -0.25) is 9.59 Å². The Bertz CT molecular complexity index is 2490. The molecule has 0 radical (unpaired) electrons. The number of esters is 2. The van der Waals surface area contributed by atoms with Crippen molar-refractivity contribution in [2.75, 3.05) is 12.5 Å². The molecule has 8 rings (SSSR count). The van der Waals surface area contributed by atoms with Crippen LogP contribution in [-0.2, 0) is 40.3 Å². The molecule has 0 spiro atoms. The minimum Gasteiger partial charge on any atom is -0.393 e. The van der Waals surface area contributed by atoms with Crippen LogP contribution in [0.3, 0.4) is 0 Å². The predicted octanol–water partition coefficient (Wildman–Crippen LogP) is 10.9. The quantitative estimate of drug-likeness (QED) is 0.0796. The molecule has 0 saturated heterocycles. The Morgan fingerprint density at radius 3 is 1.32 bits per heavy atom. The number of ether oxygens (including phenoxy) is 1. The summed E-state index contributed by atoms with van der Waals surface area (Å²) in [6, 6.07) is 42.1. The molecule has 0 aliphatic heterocycles. The van der Waals surface area contributed by atoms with Crippen LogP contribution in [0.25, 0.3) is 43.6 Å². The third-order valence-electron chi connectivity index (χ3n) is 10.2. The first-order chi connectivity index (χ1) is 25.9. The van der Waals surface area contributed by atoms with Crippen molar-refractivity contribution in [3.8, 4) is 0 Å². The summed E-state index contributed by atoms with van der Waals surface area (Å²) >= 11 is 3.26. The van der Waals surface area contributed by atoms with Crippen molar-refractivity contribution >= 4 is 79.1 Å². The van der Waals surface area contributed by atoms with Crippen LogP contribution in [-0.4, -0.2) is 33.6 Å². The molecule has 7 heteroatoms. The second-order valence-corrected chi connectivity index (χ2v) is 15.2. The van der Waals surface area contributed by atoms with E-state index in [4.69, 9.17) is 4.74 Å². The molecule has 0 fully saturated rings. The van der Waals surface area contributed by atoms with Crippen LogP contribution in [0.15, 0.2) is 131 Å². The van der Waals surface area contributed by atoms with E-state index in [0.717, 1.165) is 88.7 Å². The highest BCUT2D eigenvalue weighted by Crippen LogP contribution is 2.42. The van der Waals surface area contributed by atoms with Crippen molar-refractivity contribution < 1.29 is 14.3 Å². The van der Waals surface area contributed by atoms with Gasteiger partial charge in [0.2, 0.25) is 0 Å². The highest BCUT2D eigenvalue weighted by Gasteiger charge is 2.24. The standard InChI is InChI=1S/C46H40N2O3S2/c1-29-23-33(45(52-3)41-35-19-11-13-21-37(35)47(43(29)41)27-31-15-7-5-8-16-31)25-39(49)51-40(50)26-34-24-30(2)44-42(46(34)53-4)36-20-12-14-22-38(36)48(44)28-32-17-9-6-10-18-32/h5-24H,25-28H2,1-4H3. The largest absolute Gasteiger partial charge is 0.393 e. The number of fused-ring (bicyclic) bond motifs is 6. The summed E-state index contributed by atoms with van der Waals surface area (Å²) in [6.45, 7) is 5.69. The minimum absolute atomic E-state index is 0.0112. The van der Waals surface area contributed by atoms with Gasteiger partial charge in [0.1, 0.15) is 0 Å². The molecule has 264 valence electrons. The second-order valence-electron chi connectivity index (χ2n) is 13.6. The van der Waals surface area contributed by atoms with E-state index in [2.05, 4.69) is 132 Å². The lowest BCUT2D eigenvalue weighted by Crippen LogP contribution is -2.17. The predicted molar refractivity (Wildman–Crippen MR) is 222 cm³/mol. The maximum atomic E-state index is 13.6. The van der Waals surface area contributed by atoms with Crippen LogP contribution in [0.4, 0.5) is 0 Å². The van der Waals surface area contributed by atoms with Gasteiger partial charge in [0, 0.05) is 55.5 Å². The number of hydrogen-bond acceptors (Lipinski definition) is 5. The van der Waals surface area contributed by atoms with Gasteiger partial charge in [0.15, 0.2) is 0 Å². The Morgan fingerprint density at radius 1 is 0.547 bits per heavy atom. The fourth-order valence-corrected chi connectivity index (χ4v) is 9.71. The lowest BCUT2D eigenvalue weighted by molar-refractivity contribution is -0.158. The molecule has 0 N–H and O–H groups in total. The van der Waals surface area contributed by atoms with E-state index in [-0.39, 0.29) is 12.8 Å². The van der Waals surface area contributed by atoms with Crippen LogP contribution in [0, 0.1) is 13.8 Å². The molecule has 5 nitrogen and oxygen atoms in total. The van der Waals surface area contributed by atoms with E-state index in [1.807, 2.05) is 24.6 Å². The molecule has 53 heavy (non-hydrogen) atoms. The molecular weight excluding hydrogens is 693 g/mol. The summed E-state index contributed by atoms with van der Waals surface area (Å²) in [6.07, 6.45) is 4.12. The molecule has 2 aromatic heterocycles. The summed E-state index contributed by atoms with van der Waals surface area (Å²) in [4.78, 5) is 29.2. The van der Waals surface area contributed by atoms with E-state index in [9.17, 15) is 9.59 Å².